The number of aromatic carboxylic acids is 1. The number of ether oxygens (including phenoxy) is 1. The summed E-state index contributed by atoms with van der Waals surface area (Å²) in [5.74, 6) is -1.43. The molecule has 0 aliphatic carbocycles. The fourth-order valence-corrected chi connectivity index (χ4v) is 2.21. The summed E-state index contributed by atoms with van der Waals surface area (Å²) in [6, 6.07) is 4.41. The summed E-state index contributed by atoms with van der Waals surface area (Å²) in [6.07, 6.45) is 3.18. The minimum Gasteiger partial charge on any atom is -0.477 e. The molecule has 6 heteroatoms. The monoisotopic (exact) mass is 278 g/mol. The van der Waals surface area contributed by atoms with Crippen molar-refractivity contribution in [1.29, 1.82) is 0 Å². The van der Waals surface area contributed by atoms with Gasteiger partial charge in [-0.1, -0.05) is 6.07 Å². The largest absolute Gasteiger partial charge is 0.477 e. The molecule has 2 heterocycles. The van der Waals surface area contributed by atoms with Gasteiger partial charge < -0.3 is 14.7 Å². The normalized spacial score (nSPS) is 18.6. The molecular weight excluding hydrogens is 260 g/mol. The zero-order valence-electron chi connectivity index (χ0n) is 11.4. The molecule has 0 bridgehead atoms. The number of nitrogens with zero attached hydrogens (tertiary/aromatic N) is 2. The standard InChI is InChI=1S/C14H18N2O4/c1-16(9-10-5-2-3-8-20-10)13(17)11-6-4-7-12(15-11)14(18)19/h4,6-7,10H,2-3,5,8-9H2,1H3,(H,18,19). The zero-order chi connectivity index (χ0) is 14.5. The van der Waals surface area contributed by atoms with Crippen molar-refractivity contribution >= 4 is 11.9 Å². The van der Waals surface area contributed by atoms with Crippen molar-refractivity contribution in [2.24, 2.45) is 0 Å². The van der Waals surface area contributed by atoms with E-state index in [4.69, 9.17) is 9.84 Å². The maximum absolute atomic E-state index is 12.2. The molecule has 1 fully saturated rings. The highest BCUT2D eigenvalue weighted by molar-refractivity contribution is 5.94. The molecule has 0 saturated carbocycles. The number of hydrogen-bond acceptors (Lipinski definition) is 4. The molecule has 1 aromatic rings. The number of carbonyl (C=O) groups is 2. The minimum atomic E-state index is -1.14. The second kappa shape index (κ2) is 6.47. The van der Waals surface area contributed by atoms with E-state index in [1.165, 1.54) is 23.1 Å². The van der Waals surface area contributed by atoms with Gasteiger partial charge in [0.1, 0.15) is 11.4 Å². The smallest absolute Gasteiger partial charge is 0.354 e. The van der Waals surface area contributed by atoms with Crippen molar-refractivity contribution in [3.63, 3.8) is 0 Å². The Morgan fingerprint density at radius 1 is 1.40 bits per heavy atom. The molecule has 1 unspecified atom stereocenters. The van der Waals surface area contributed by atoms with Gasteiger partial charge in [0.05, 0.1) is 6.10 Å². The van der Waals surface area contributed by atoms with Gasteiger partial charge in [0.25, 0.3) is 5.91 Å². The first kappa shape index (κ1) is 14.5. The highest BCUT2D eigenvalue weighted by Gasteiger charge is 2.21. The van der Waals surface area contributed by atoms with Crippen LogP contribution in [0.15, 0.2) is 18.2 Å². The Morgan fingerprint density at radius 3 is 2.80 bits per heavy atom. The Hall–Kier alpha value is -1.95. The van der Waals surface area contributed by atoms with Gasteiger partial charge in [0, 0.05) is 20.2 Å². The number of pyridine rings is 1. The van der Waals surface area contributed by atoms with E-state index < -0.39 is 5.97 Å². The number of hydrogen-bond donors (Lipinski definition) is 1. The van der Waals surface area contributed by atoms with Crippen molar-refractivity contribution in [3.05, 3.63) is 29.6 Å². The van der Waals surface area contributed by atoms with E-state index in [0.29, 0.717) is 6.54 Å². The lowest BCUT2D eigenvalue weighted by molar-refractivity contribution is -0.000297. The number of aromatic nitrogens is 1. The Kier molecular flexibility index (Phi) is 4.68. The van der Waals surface area contributed by atoms with Gasteiger partial charge in [-0.25, -0.2) is 9.78 Å². The van der Waals surface area contributed by atoms with Gasteiger partial charge in [0.2, 0.25) is 0 Å². The second-order valence-electron chi connectivity index (χ2n) is 4.89. The molecular formula is C14H18N2O4. The lowest BCUT2D eigenvalue weighted by Crippen LogP contribution is -2.37. The number of carbonyl (C=O) groups excluding carboxylic acids is 1. The predicted octanol–water partition coefficient (Wildman–Crippen LogP) is 1.42. The molecule has 1 amide bonds. The molecule has 6 nitrogen and oxygen atoms in total. The van der Waals surface area contributed by atoms with E-state index in [9.17, 15) is 9.59 Å². The number of carboxylic acids is 1. The van der Waals surface area contributed by atoms with Crippen LogP contribution in [0.2, 0.25) is 0 Å². The first-order valence-corrected chi connectivity index (χ1v) is 6.65. The fraction of sp³-hybridized carbons (Fsp3) is 0.500. The van der Waals surface area contributed by atoms with Crippen LogP contribution < -0.4 is 0 Å². The van der Waals surface area contributed by atoms with Crippen molar-refractivity contribution in [2.45, 2.75) is 25.4 Å². The Labute approximate surface area is 117 Å². The zero-order valence-corrected chi connectivity index (χ0v) is 11.4. The third-order valence-electron chi connectivity index (χ3n) is 3.29. The van der Waals surface area contributed by atoms with Crippen LogP contribution in [0.3, 0.4) is 0 Å². The topological polar surface area (TPSA) is 79.7 Å². The van der Waals surface area contributed by atoms with Crippen LogP contribution in [0.4, 0.5) is 0 Å². The number of carboxylic acid groups (broad SMARTS) is 1. The van der Waals surface area contributed by atoms with Crippen LogP contribution in [-0.2, 0) is 4.74 Å². The van der Waals surface area contributed by atoms with Gasteiger partial charge in [-0.05, 0) is 31.4 Å². The molecule has 0 radical (unpaired) electrons. The fourth-order valence-electron chi connectivity index (χ4n) is 2.21. The van der Waals surface area contributed by atoms with Gasteiger partial charge in [-0.3, -0.25) is 4.79 Å². The summed E-state index contributed by atoms with van der Waals surface area (Å²) in [5, 5.41) is 8.88. The lowest BCUT2D eigenvalue weighted by atomic mass is 10.1. The molecule has 1 N–H and O–H groups in total. The third-order valence-corrected chi connectivity index (χ3v) is 3.29. The van der Waals surface area contributed by atoms with Crippen molar-refractivity contribution < 1.29 is 19.4 Å². The molecule has 20 heavy (non-hydrogen) atoms. The summed E-state index contributed by atoms with van der Waals surface area (Å²) in [4.78, 5) is 28.4. The van der Waals surface area contributed by atoms with Crippen LogP contribution in [0.1, 0.15) is 40.2 Å². The average molecular weight is 278 g/mol. The number of rotatable bonds is 4. The highest BCUT2D eigenvalue weighted by Crippen LogP contribution is 2.14. The SMILES string of the molecule is CN(CC1CCCCO1)C(=O)c1cccc(C(=O)O)n1. The average Bonchev–Trinajstić information content (AvgIpc) is 2.47. The summed E-state index contributed by atoms with van der Waals surface area (Å²) in [7, 11) is 1.68. The Bertz CT molecular complexity index is 498. The summed E-state index contributed by atoms with van der Waals surface area (Å²) in [6.45, 7) is 1.23. The minimum absolute atomic E-state index is 0.0559. The maximum atomic E-state index is 12.2. The molecule has 0 aromatic carbocycles. The van der Waals surface area contributed by atoms with Crippen molar-refractivity contribution in [1.82, 2.24) is 9.88 Å². The lowest BCUT2D eigenvalue weighted by Gasteiger charge is -2.27. The first-order chi connectivity index (χ1) is 9.58. The van der Waals surface area contributed by atoms with Crippen LogP contribution in [0.25, 0.3) is 0 Å². The van der Waals surface area contributed by atoms with Crippen molar-refractivity contribution in [3.8, 4) is 0 Å². The van der Waals surface area contributed by atoms with Gasteiger partial charge in [-0.2, -0.15) is 0 Å². The van der Waals surface area contributed by atoms with E-state index in [1.54, 1.807) is 7.05 Å². The summed E-state index contributed by atoms with van der Waals surface area (Å²) in [5.41, 5.74) is 0.0152. The van der Waals surface area contributed by atoms with E-state index in [-0.39, 0.29) is 23.4 Å². The van der Waals surface area contributed by atoms with Gasteiger partial charge >= 0.3 is 5.97 Å². The van der Waals surface area contributed by atoms with Crippen LogP contribution in [0, 0.1) is 0 Å². The van der Waals surface area contributed by atoms with Crippen LogP contribution >= 0.6 is 0 Å². The molecule has 2 rings (SSSR count). The molecule has 1 aliphatic heterocycles. The molecule has 1 saturated heterocycles. The molecule has 1 atom stereocenters. The molecule has 108 valence electrons. The number of amides is 1. The van der Waals surface area contributed by atoms with E-state index in [0.717, 1.165) is 25.9 Å². The maximum Gasteiger partial charge on any atom is 0.354 e. The summed E-state index contributed by atoms with van der Waals surface area (Å²) >= 11 is 0. The Morgan fingerprint density at radius 2 is 2.15 bits per heavy atom. The summed E-state index contributed by atoms with van der Waals surface area (Å²) < 4.78 is 5.59. The molecule has 1 aromatic heterocycles. The van der Waals surface area contributed by atoms with Crippen LogP contribution in [-0.4, -0.2) is 53.2 Å². The van der Waals surface area contributed by atoms with Crippen molar-refractivity contribution in [2.75, 3.05) is 20.2 Å². The predicted molar refractivity (Wildman–Crippen MR) is 71.7 cm³/mol. The Balaban J connectivity index is 2.02. The van der Waals surface area contributed by atoms with E-state index >= 15 is 0 Å². The molecule has 0 spiro atoms. The number of likely N-dealkylation sites (N-methyl/N-ethyl adjacent to an activating group) is 1. The van der Waals surface area contributed by atoms with E-state index in [2.05, 4.69) is 4.98 Å². The quantitative estimate of drug-likeness (QED) is 0.901. The van der Waals surface area contributed by atoms with Crippen LogP contribution in [0.5, 0.6) is 0 Å². The third kappa shape index (κ3) is 3.54. The first-order valence-electron chi connectivity index (χ1n) is 6.65. The molecule has 1 aliphatic rings. The second-order valence-corrected chi connectivity index (χ2v) is 4.89. The van der Waals surface area contributed by atoms with E-state index in [1.807, 2.05) is 0 Å². The van der Waals surface area contributed by atoms with Gasteiger partial charge in [0.15, 0.2) is 0 Å². The highest BCUT2D eigenvalue weighted by atomic mass is 16.5. The van der Waals surface area contributed by atoms with Gasteiger partial charge in [-0.15, -0.1) is 0 Å².